The first-order chi connectivity index (χ1) is 13.2. The minimum Gasteiger partial charge on any atom is -0.444 e. The summed E-state index contributed by atoms with van der Waals surface area (Å²) < 4.78 is 5.20. The van der Waals surface area contributed by atoms with Crippen molar-refractivity contribution in [2.75, 3.05) is 13.1 Å². The van der Waals surface area contributed by atoms with Crippen molar-refractivity contribution in [2.45, 2.75) is 64.5 Å². The molecule has 7 heteroatoms. The quantitative estimate of drug-likeness (QED) is 0.494. The number of carbonyl (C=O) groups is 3. The summed E-state index contributed by atoms with van der Waals surface area (Å²) in [5.41, 5.74) is -0.513. The molecule has 2 bridgehead atoms. The van der Waals surface area contributed by atoms with Gasteiger partial charge in [-0.25, -0.2) is 4.79 Å². The van der Waals surface area contributed by atoms with Crippen molar-refractivity contribution in [3.63, 3.8) is 0 Å². The van der Waals surface area contributed by atoms with Crippen LogP contribution >= 0.6 is 0 Å². The van der Waals surface area contributed by atoms with Gasteiger partial charge in [0.1, 0.15) is 5.60 Å². The first kappa shape index (κ1) is 20.7. The molecule has 0 aromatic rings. The smallest absolute Gasteiger partial charge is 0.407 e. The second kappa shape index (κ2) is 8.53. The zero-order valence-corrected chi connectivity index (χ0v) is 17.1. The highest BCUT2D eigenvalue weighted by atomic mass is 16.6. The Labute approximate surface area is 167 Å². The highest BCUT2D eigenvalue weighted by molar-refractivity contribution is 6.35. The largest absolute Gasteiger partial charge is 0.444 e. The Hall–Kier alpha value is -2.05. The van der Waals surface area contributed by atoms with Gasteiger partial charge in [-0.1, -0.05) is 12.2 Å². The molecule has 0 radical (unpaired) electrons. The molecule has 0 aliphatic heterocycles. The first-order valence-electron chi connectivity index (χ1n) is 10.4. The van der Waals surface area contributed by atoms with E-state index in [4.69, 9.17) is 4.74 Å². The second-order valence-corrected chi connectivity index (χ2v) is 9.48. The monoisotopic (exact) mass is 391 g/mol. The van der Waals surface area contributed by atoms with E-state index in [9.17, 15) is 14.4 Å². The van der Waals surface area contributed by atoms with Crippen LogP contribution in [-0.4, -0.2) is 42.6 Å². The fourth-order valence-corrected chi connectivity index (χ4v) is 4.40. The predicted molar refractivity (Wildman–Crippen MR) is 105 cm³/mol. The van der Waals surface area contributed by atoms with Gasteiger partial charge in [-0.05, 0) is 76.5 Å². The Balaban J connectivity index is 1.28. The minimum absolute atomic E-state index is 0.00249. The van der Waals surface area contributed by atoms with Crippen molar-refractivity contribution in [2.24, 2.45) is 23.7 Å². The molecule has 7 nitrogen and oxygen atoms in total. The van der Waals surface area contributed by atoms with Crippen LogP contribution in [0.1, 0.15) is 52.9 Å². The van der Waals surface area contributed by atoms with Crippen molar-refractivity contribution in [3.8, 4) is 0 Å². The Bertz CT molecular complexity index is 634. The topological polar surface area (TPSA) is 96.5 Å². The minimum atomic E-state index is -0.555. The lowest BCUT2D eigenvalue weighted by Gasteiger charge is -2.38. The number of alkyl carbamates (subject to hydrolysis) is 1. The van der Waals surface area contributed by atoms with E-state index >= 15 is 0 Å². The molecule has 4 aliphatic rings. The first-order valence-corrected chi connectivity index (χ1v) is 10.4. The molecular weight excluding hydrogens is 358 g/mol. The number of carbonyl (C=O) groups excluding carboxylic acids is 3. The summed E-state index contributed by atoms with van der Waals surface area (Å²) >= 11 is 0. The number of hydrogen-bond donors (Lipinski definition) is 3. The summed E-state index contributed by atoms with van der Waals surface area (Å²) in [6.45, 7) is 6.56. The van der Waals surface area contributed by atoms with Crippen molar-refractivity contribution in [3.05, 3.63) is 12.2 Å². The van der Waals surface area contributed by atoms with E-state index in [2.05, 4.69) is 28.1 Å². The Kier molecular flexibility index (Phi) is 6.30. The summed E-state index contributed by atoms with van der Waals surface area (Å²) in [5, 5.41) is 8.34. The van der Waals surface area contributed by atoms with Crippen molar-refractivity contribution in [1.29, 1.82) is 0 Å². The lowest BCUT2D eigenvalue weighted by molar-refractivity contribution is -0.140. The zero-order chi connectivity index (χ0) is 20.3. The van der Waals surface area contributed by atoms with Gasteiger partial charge < -0.3 is 20.7 Å². The molecule has 2 fully saturated rings. The normalized spacial score (nSPS) is 30.9. The van der Waals surface area contributed by atoms with E-state index in [1.54, 1.807) is 0 Å². The molecule has 156 valence electrons. The maximum Gasteiger partial charge on any atom is 0.407 e. The molecular formula is C21H33N3O4. The third kappa shape index (κ3) is 5.72. The van der Waals surface area contributed by atoms with Crippen molar-refractivity contribution < 1.29 is 19.1 Å². The average Bonchev–Trinajstić information content (AvgIpc) is 2.60. The Morgan fingerprint density at radius 3 is 2.29 bits per heavy atom. The number of fused-ring (bicyclic) bond motifs is 2. The number of ether oxygens (including phenoxy) is 1. The third-order valence-electron chi connectivity index (χ3n) is 5.95. The summed E-state index contributed by atoms with van der Waals surface area (Å²) in [6.07, 6.45) is 9.20. The molecule has 0 aromatic carbocycles. The van der Waals surface area contributed by atoms with E-state index in [1.165, 1.54) is 12.8 Å². The Morgan fingerprint density at radius 2 is 1.71 bits per heavy atom. The molecule has 3 amide bonds. The molecule has 2 saturated carbocycles. The van der Waals surface area contributed by atoms with Gasteiger partial charge in [0.15, 0.2) is 0 Å². The highest BCUT2D eigenvalue weighted by Crippen LogP contribution is 2.39. The third-order valence-corrected chi connectivity index (χ3v) is 5.95. The molecule has 0 spiro atoms. The van der Waals surface area contributed by atoms with E-state index in [0.29, 0.717) is 36.8 Å². The van der Waals surface area contributed by atoms with E-state index in [0.717, 1.165) is 19.3 Å². The van der Waals surface area contributed by atoms with E-state index in [-0.39, 0.29) is 6.04 Å². The van der Waals surface area contributed by atoms with Crippen LogP contribution in [0.25, 0.3) is 0 Å². The molecule has 0 aromatic heterocycles. The SMILES string of the molecule is CC(C)(C)OC(=O)NCC1CC(NC(=O)C(=O)NCC2CC3C=CC2CC3)C1. The van der Waals surface area contributed by atoms with Crippen LogP contribution in [0.4, 0.5) is 4.79 Å². The highest BCUT2D eigenvalue weighted by Gasteiger charge is 2.34. The van der Waals surface area contributed by atoms with Gasteiger partial charge in [-0.3, -0.25) is 9.59 Å². The maximum atomic E-state index is 12.1. The Morgan fingerprint density at radius 1 is 0.964 bits per heavy atom. The van der Waals surface area contributed by atoms with Gasteiger partial charge in [0.2, 0.25) is 0 Å². The second-order valence-electron chi connectivity index (χ2n) is 9.48. The van der Waals surface area contributed by atoms with Crippen molar-refractivity contribution in [1.82, 2.24) is 16.0 Å². The summed E-state index contributed by atoms with van der Waals surface area (Å²) in [4.78, 5) is 35.8. The van der Waals surface area contributed by atoms with Crippen LogP contribution in [-0.2, 0) is 14.3 Å². The lowest BCUT2D eigenvalue weighted by atomic mass is 9.69. The summed E-state index contributed by atoms with van der Waals surface area (Å²) in [5.74, 6) is 0.832. The number of allylic oxidation sites excluding steroid dienone is 2. The van der Waals surface area contributed by atoms with Gasteiger partial charge in [0.05, 0.1) is 0 Å². The standard InChI is InChI=1S/C21H33N3O4/c1-21(2,3)28-20(27)23-11-14-9-17(10-14)24-19(26)18(25)22-12-16-8-13-4-6-15(16)7-5-13/h4,6,13-17H,5,7-12H2,1-3H3,(H,22,25)(H,23,27)(H,24,26). The van der Waals surface area contributed by atoms with Gasteiger partial charge in [-0.15, -0.1) is 0 Å². The van der Waals surface area contributed by atoms with Crippen LogP contribution in [0.15, 0.2) is 12.2 Å². The number of rotatable bonds is 5. The van der Waals surface area contributed by atoms with E-state index in [1.807, 2.05) is 20.8 Å². The molecule has 28 heavy (non-hydrogen) atoms. The molecule has 4 aliphatic carbocycles. The van der Waals surface area contributed by atoms with Crippen LogP contribution in [0.2, 0.25) is 0 Å². The van der Waals surface area contributed by atoms with Crippen molar-refractivity contribution >= 4 is 17.9 Å². The fourth-order valence-electron chi connectivity index (χ4n) is 4.40. The summed E-state index contributed by atoms with van der Waals surface area (Å²) in [7, 11) is 0. The molecule has 0 saturated heterocycles. The lowest BCUT2D eigenvalue weighted by Crippen LogP contribution is -2.52. The summed E-state index contributed by atoms with van der Waals surface area (Å²) in [6, 6.07) is -0.00249. The predicted octanol–water partition coefficient (Wildman–Crippen LogP) is 2.12. The molecule has 3 atom stereocenters. The van der Waals surface area contributed by atoms with Crippen LogP contribution in [0.5, 0.6) is 0 Å². The maximum absolute atomic E-state index is 12.1. The molecule has 4 rings (SSSR count). The number of hydrogen-bond acceptors (Lipinski definition) is 4. The number of amides is 3. The van der Waals surface area contributed by atoms with Gasteiger partial charge >= 0.3 is 17.9 Å². The average molecular weight is 392 g/mol. The molecule has 0 heterocycles. The molecule has 3 N–H and O–H groups in total. The van der Waals surface area contributed by atoms with Gasteiger partial charge in [-0.2, -0.15) is 0 Å². The molecule has 3 unspecified atom stereocenters. The number of nitrogens with one attached hydrogen (secondary N) is 3. The van der Waals surface area contributed by atoms with Crippen LogP contribution in [0.3, 0.4) is 0 Å². The zero-order valence-electron chi connectivity index (χ0n) is 17.1. The van der Waals surface area contributed by atoms with E-state index < -0.39 is 23.5 Å². The van der Waals surface area contributed by atoms with Gasteiger partial charge in [0, 0.05) is 19.1 Å². The van der Waals surface area contributed by atoms with Crippen LogP contribution < -0.4 is 16.0 Å². The van der Waals surface area contributed by atoms with Gasteiger partial charge in [0.25, 0.3) is 0 Å². The fraction of sp³-hybridized carbons (Fsp3) is 0.762. The van der Waals surface area contributed by atoms with Crippen LogP contribution in [0, 0.1) is 23.7 Å².